The first kappa shape index (κ1) is 30.8. The number of carbonyl (C=O) groups excluding carboxylic acids is 2. The minimum atomic E-state index is -0.679. The van der Waals surface area contributed by atoms with Gasteiger partial charge in [0.2, 0.25) is 23.0 Å². The van der Waals surface area contributed by atoms with Crippen LogP contribution in [0.4, 0.5) is 10.8 Å². The number of nitrogens with one attached hydrogen (secondary N) is 3. The Balaban J connectivity index is 1.86. The Morgan fingerprint density at radius 3 is 2.43 bits per heavy atom. The van der Waals surface area contributed by atoms with Gasteiger partial charge in [0.1, 0.15) is 6.04 Å². The number of hydrogen-bond donors (Lipinski definition) is 3. The summed E-state index contributed by atoms with van der Waals surface area (Å²) in [6.45, 7) is 7.41. The zero-order valence-electron chi connectivity index (χ0n) is 25.0. The predicted octanol–water partition coefficient (Wildman–Crippen LogP) is 5.09. The molecule has 224 valence electrons. The maximum atomic E-state index is 13.7. The number of nitrogens with zero attached hydrogens (tertiary/aromatic N) is 1. The van der Waals surface area contributed by atoms with Crippen molar-refractivity contribution in [3.8, 4) is 28.4 Å². The molecule has 0 saturated carbocycles. The number of methoxy groups -OCH3 is 3. The van der Waals surface area contributed by atoms with Crippen molar-refractivity contribution in [1.29, 1.82) is 0 Å². The summed E-state index contributed by atoms with van der Waals surface area (Å²) in [5.41, 5.74) is 3.02. The minimum absolute atomic E-state index is 0.179. The zero-order valence-corrected chi connectivity index (χ0v) is 25.9. The molecule has 3 N–H and O–H groups in total. The summed E-state index contributed by atoms with van der Waals surface area (Å²) in [7, 11) is 4.66. The van der Waals surface area contributed by atoms with Crippen molar-refractivity contribution in [2.45, 2.75) is 59.0 Å². The summed E-state index contributed by atoms with van der Waals surface area (Å²) >= 11 is 1.39. The molecular formula is C31H38N4O6S. The molecule has 2 amide bonds. The number of thiazole rings is 1. The second kappa shape index (κ2) is 13.2. The van der Waals surface area contributed by atoms with Crippen molar-refractivity contribution in [3.05, 3.63) is 56.7 Å². The van der Waals surface area contributed by atoms with E-state index in [9.17, 15) is 14.4 Å². The molecule has 2 atom stereocenters. The van der Waals surface area contributed by atoms with E-state index in [1.54, 1.807) is 33.6 Å². The monoisotopic (exact) mass is 594 g/mol. The van der Waals surface area contributed by atoms with Crippen LogP contribution in [0.15, 0.2) is 35.3 Å². The number of aromatic nitrogens is 1. The van der Waals surface area contributed by atoms with E-state index in [0.717, 1.165) is 16.0 Å². The Bertz CT molecular complexity index is 1540. The lowest BCUT2D eigenvalue weighted by atomic mass is 9.95. The van der Waals surface area contributed by atoms with E-state index in [4.69, 9.17) is 14.2 Å². The van der Waals surface area contributed by atoms with Gasteiger partial charge in [-0.3, -0.25) is 14.4 Å². The van der Waals surface area contributed by atoms with E-state index in [1.165, 1.54) is 24.3 Å². The van der Waals surface area contributed by atoms with Crippen LogP contribution in [0, 0.1) is 12.8 Å². The maximum Gasteiger partial charge on any atom is 0.248 e. The molecule has 1 heterocycles. The van der Waals surface area contributed by atoms with E-state index >= 15 is 0 Å². The minimum Gasteiger partial charge on any atom is -0.493 e. The molecule has 0 radical (unpaired) electrons. The van der Waals surface area contributed by atoms with Gasteiger partial charge in [0.15, 0.2) is 16.6 Å². The highest BCUT2D eigenvalue weighted by molar-refractivity contribution is 7.15. The molecule has 0 fully saturated rings. The number of benzene rings is 1. The van der Waals surface area contributed by atoms with Crippen molar-refractivity contribution in [2.75, 3.05) is 32.0 Å². The molecule has 4 rings (SSSR count). The normalized spacial score (nSPS) is 14.6. The van der Waals surface area contributed by atoms with Crippen molar-refractivity contribution < 1.29 is 23.8 Å². The Morgan fingerprint density at radius 1 is 1.10 bits per heavy atom. The van der Waals surface area contributed by atoms with Gasteiger partial charge < -0.3 is 30.2 Å². The van der Waals surface area contributed by atoms with E-state index < -0.39 is 12.1 Å². The van der Waals surface area contributed by atoms with Crippen molar-refractivity contribution >= 4 is 34.0 Å². The van der Waals surface area contributed by atoms with Gasteiger partial charge in [-0.1, -0.05) is 19.9 Å². The number of hydrogen-bond acceptors (Lipinski definition) is 9. The number of ether oxygens (including phenoxy) is 3. The molecule has 2 aromatic carbocycles. The number of amides is 2. The van der Waals surface area contributed by atoms with E-state index in [-0.39, 0.29) is 28.8 Å². The van der Waals surface area contributed by atoms with Crippen LogP contribution in [0.2, 0.25) is 0 Å². The summed E-state index contributed by atoms with van der Waals surface area (Å²) < 4.78 is 17.1. The molecule has 0 spiro atoms. The Labute approximate surface area is 249 Å². The van der Waals surface area contributed by atoms with Gasteiger partial charge in [0, 0.05) is 23.6 Å². The average Bonchev–Trinajstić information content (AvgIpc) is 3.21. The highest BCUT2D eigenvalue weighted by Crippen LogP contribution is 2.50. The van der Waals surface area contributed by atoms with Crippen LogP contribution in [-0.4, -0.2) is 44.2 Å². The summed E-state index contributed by atoms with van der Waals surface area (Å²) in [6, 6.07) is 5.86. The molecule has 1 aliphatic rings. The molecule has 0 bridgehead atoms. The third-order valence-corrected chi connectivity index (χ3v) is 7.95. The molecule has 10 nitrogen and oxygen atoms in total. The molecule has 3 aromatic rings. The first-order valence-electron chi connectivity index (χ1n) is 13.8. The maximum absolute atomic E-state index is 13.7. The van der Waals surface area contributed by atoms with Gasteiger partial charge in [-0.05, 0) is 67.0 Å². The highest BCUT2D eigenvalue weighted by atomic mass is 32.1. The molecule has 42 heavy (non-hydrogen) atoms. The van der Waals surface area contributed by atoms with E-state index in [1.807, 2.05) is 32.9 Å². The molecule has 0 saturated heterocycles. The van der Waals surface area contributed by atoms with Gasteiger partial charge in [-0.15, -0.1) is 11.3 Å². The van der Waals surface area contributed by atoms with Gasteiger partial charge in [-0.2, -0.15) is 0 Å². The molecule has 1 aliphatic carbocycles. The second-order valence-corrected chi connectivity index (χ2v) is 11.9. The van der Waals surface area contributed by atoms with Crippen LogP contribution in [0.1, 0.15) is 55.7 Å². The Morgan fingerprint density at radius 2 is 1.83 bits per heavy atom. The van der Waals surface area contributed by atoms with Crippen molar-refractivity contribution in [1.82, 2.24) is 10.3 Å². The van der Waals surface area contributed by atoms with Gasteiger partial charge in [0.05, 0.1) is 33.1 Å². The predicted molar refractivity (Wildman–Crippen MR) is 165 cm³/mol. The standard InChI is InChI=1S/C31H38N4O6S/c1-16(2)12-24(30(38)35-31-32-15-17(3)42-31)34-23-11-9-20-21(14-25(23)37)22(33-18(4)36)10-8-19-13-26(39-5)28(40-6)29(41-7)27(19)20/h9,11,13-16,22,24H,8,10,12H2,1-7H3,(H,33,36)(H,34,37)(H,32,35,38)/t22-,24+/m0/s1. The highest BCUT2D eigenvalue weighted by Gasteiger charge is 2.30. The summed E-state index contributed by atoms with van der Waals surface area (Å²) in [5.74, 6) is 1.13. The Kier molecular flexibility index (Phi) is 9.72. The van der Waals surface area contributed by atoms with Crippen LogP contribution in [-0.2, 0) is 16.0 Å². The fourth-order valence-corrected chi connectivity index (χ4v) is 5.99. The SMILES string of the molecule is COc1cc2c(c(OC)c1OC)-c1ccc(N[C@H](CC(C)C)C(=O)Nc3ncc(C)s3)c(=O)cc1[C@@H](NC(C)=O)CC2. The fourth-order valence-electron chi connectivity index (χ4n) is 5.32. The quantitative estimate of drug-likeness (QED) is 0.296. The summed E-state index contributed by atoms with van der Waals surface area (Å²) in [6.07, 6.45) is 3.35. The summed E-state index contributed by atoms with van der Waals surface area (Å²) in [5, 5.41) is 9.59. The summed E-state index contributed by atoms with van der Waals surface area (Å²) in [4.78, 5) is 44.5. The van der Waals surface area contributed by atoms with E-state index in [0.29, 0.717) is 52.8 Å². The molecule has 11 heteroatoms. The lowest BCUT2D eigenvalue weighted by molar-refractivity contribution is -0.120. The van der Waals surface area contributed by atoms with Crippen molar-refractivity contribution in [2.24, 2.45) is 5.92 Å². The van der Waals surface area contributed by atoms with Crippen LogP contribution in [0.3, 0.4) is 0 Å². The number of rotatable bonds is 10. The second-order valence-electron chi connectivity index (χ2n) is 10.7. The Hall–Kier alpha value is -4.12. The fraction of sp³-hybridized carbons (Fsp3) is 0.419. The van der Waals surface area contributed by atoms with Crippen LogP contribution >= 0.6 is 11.3 Å². The molecular weight excluding hydrogens is 556 g/mol. The van der Waals surface area contributed by atoms with Gasteiger partial charge >= 0.3 is 0 Å². The van der Waals surface area contributed by atoms with Crippen molar-refractivity contribution in [3.63, 3.8) is 0 Å². The number of aryl methyl sites for hydroxylation is 2. The van der Waals surface area contributed by atoms with Gasteiger partial charge in [-0.25, -0.2) is 4.98 Å². The van der Waals surface area contributed by atoms with Crippen LogP contribution in [0.5, 0.6) is 17.2 Å². The third-order valence-electron chi connectivity index (χ3n) is 7.12. The van der Waals surface area contributed by atoms with E-state index in [2.05, 4.69) is 20.9 Å². The van der Waals surface area contributed by atoms with Crippen LogP contribution in [0.25, 0.3) is 11.1 Å². The zero-order chi connectivity index (χ0) is 30.6. The number of anilines is 2. The molecule has 1 aromatic heterocycles. The largest absolute Gasteiger partial charge is 0.493 e. The lowest BCUT2D eigenvalue weighted by Gasteiger charge is -2.20. The first-order chi connectivity index (χ1) is 20.1. The molecule has 0 unspecified atom stereocenters. The van der Waals surface area contributed by atoms with Crippen LogP contribution < -0.4 is 35.6 Å². The number of carbonyl (C=O) groups is 2. The van der Waals surface area contributed by atoms with Gasteiger partial charge in [0.25, 0.3) is 0 Å². The number of fused-ring (bicyclic) bond motifs is 3. The average molecular weight is 595 g/mol. The smallest absolute Gasteiger partial charge is 0.248 e. The topological polar surface area (TPSA) is 128 Å². The first-order valence-corrected chi connectivity index (χ1v) is 14.6. The lowest BCUT2D eigenvalue weighted by Crippen LogP contribution is -2.37. The third kappa shape index (κ3) is 6.67. The molecule has 0 aliphatic heterocycles.